The maximum absolute atomic E-state index is 13.3. The Morgan fingerprint density at radius 2 is 2.07 bits per heavy atom. The molecule has 0 spiro atoms. The first kappa shape index (κ1) is 11.9. The molecule has 0 bridgehead atoms. The van der Waals surface area contributed by atoms with Gasteiger partial charge in [-0.1, -0.05) is 4.39 Å². The number of alkyl halides is 3. The van der Waals surface area contributed by atoms with E-state index in [-0.39, 0.29) is 13.1 Å². The van der Waals surface area contributed by atoms with Crippen LogP contribution in [0.2, 0.25) is 0 Å². The van der Waals surface area contributed by atoms with Crippen LogP contribution in [-0.2, 0) is 9.63 Å². The lowest BCUT2D eigenvalue weighted by Crippen LogP contribution is -2.49. The van der Waals surface area contributed by atoms with E-state index in [2.05, 4.69) is 4.84 Å². The highest BCUT2D eigenvalue weighted by molar-refractivity contribution is 5.75. The fraction of sp³-hybridized carbons (Fsp3) is 0.714. The average Bonchev–Trinajstić information content (AvgIpc) is 2.32. The third-order valence-corrected chi connectivity index (χ3v) is 2.08. The molecule has 8 heteroatoms. The van der Waals surface area contributed by atoms with Gasteiger partial charge in [0.05, 0.1) is 0 Å². The minimum atomic E-state index is -5.11. The highest BCUT2D eigenvalue weighted by Crippen LogP contribution is 2.21. The standard InChI is InChI=1S/C7H10F4N2O2/c1-12-3-4-13(2,6(12)8)15-5(14)7(9,10)11/h3-4H2,1-2H3/q+2. The van der Waals surface area contributed by atoms with Crippen molar-refractivity contribution in [3.63, 3.8) is 0 Å². The zero-order valence-corrected chi connectivity index (χ0v) is 8.14. The van der Waals surface area contributed by atoms with Crippen molar-refractivity contribution in [3.05, 3.63) is 0 Å². The average molecular weight is 230 g/mol. The van der Waals surface area contributed by atoms with E-state index in [0.29, 0.717) is 0 Å². The van der Waals surface area contributed by atoms with Crippen LogP contribution in [0, 0.1) is 0 Å². The highest BCUT2D eigenvalue weighted by Gasteiger charge is 2.54. The van der Waals surface area contributed by atoms with Gasteiger partial charge in [0.15, 0.2) is 6.54 Å². The number of quaternary nitrogens is 1. The van der Waals surface area contributed by atoms with Gasteiger partial charge in [-0.05, 0) is 4.65 Å². The van der Waals surface area contributed by atoms with E-state index in [1.807, 2.05) is 0 Å². The largest absolute Gasteiger partial charge is 0.579 e. The predicted octanol–water partition coefficient (Wildman–Crippen LogP) is 0.435. The summed E-state index contributed by atoms with van der Waals surface area (Å²) in [5.41, 5.74) is 0. The van der Waals surface area contributed by atoms with Crippen molar-refractivity contribution in [2.24, 2.45) is 0 Å². The molecule has 15 heavy (non-hydrogen) atoms. The molecule has 0 aromatic carbocycles. The van der Waals surface area contributed by atoms with E-state index in [1.54, 1.807) is 0 Å². The molecule has 0 amide bonds. The summed E-state index contributed by atoms with van der Waals surface area (Å²) in [7, 11) is 2.42. The van der Waals surface area contributed by atoms with E-state index in [1.165, 1.54) is 7.05 Å². The zero-order valence-electron chi connectivity index (χ0n) is 8.14. The van der Waals surface area contributed by atoms with Gasteiger partial charge >= 0.3 is 18.2 Å². The van der Waals surface area contributed by atoms with Crippen molar-refractivity contribution < 1.29 is 36.4 Å². The third kappa shape index (κ3) is 2.25. The molecule has 1 unspecified atom stereocenters. The normalized spacial score (nSPS) is 27.1. The molecular weight excluding hydrogens is 220 g/mol. The molecule has 0 N–H and O–H groups in total. The quantitative estimate of drug-likeness (QED) is 0.283. The van der Waals surface area contributed by atoms with Crippen LogP contribution in [0.1, 0.15) is 0 Å². The highest BCUT2D eigenvalue weighted by atomic mass is 19.4. The second-order valence-electron chi connectivity index (χ2n) is 3.39. The predicted molar refractivity (Wildman–Crippen MR) is 40.4 cm³/mol. The first-order chi connectivity index (χ1) is 6.67. The van der Waals surface area contributed by atoms with Gasteiger partial charge in [0.2, 0.25) is 6.54 Å². The van der Waals surface area contributed by atoms with Crippen molar-refractivity contribution in [1.29, 1.82) is 0 Å². The van der Waals surface area contributed by atoms with E-state index >= 15 is 0 Å². The zero-order chi connectivity index (χ0) is 11.9. The second kappa shape index (κ2) is 3.44. The molecule has 0 saturated carbocycles. The second-order valence-corrected chi connectivity index (χ2v) is 3.39. The number of likely N-dealkylation sites (N-methyl/N-ethyl adjacent to an activating group) is 2. The number of carbonyl (C=O) groups is 1. The number of hydrogen-bond acceptors (Lipinski definition) is 2. The number of amidine groups is 1. The molecular formula is C7H10F4N2O2+2. The van der Waals surface area contributed by atoms with Gasteiger partial charge in [0.25, 0.3) is 0 Å². The molecule has 1 atom stereocenters. The van der Waals surface area contributed by atoms with E-state index < -0.39 is 22.9 Å². The summed E-state index contributed by atoms with van der Waals surface area (Å²) in [6.07, 6.45) is -6.03. The summed E-state index contributed by atoms with van der Waals surface area (Å²) in [6, 6.07) is 0. The Bertz CT molecular complexity index is 325. The summed E-state index contributed by atoms with van der Waals surface area (Å²) >= 11 is 0. The lowest BCUT2D eigenvalue weighted by Gasteiger charge is -2.18. The SMILES string of the molecule is C[N+]1=C(F)[N+](C)(OC(=O)C(F)(F)F)CC1. The lowest BCUT2D eigenvalue weighted by atomic mass is 10.6. The Hall–Kier alpha value is -1.18. The summed E-state index contributed by atoms with van der Waals surface area (Å²) in [6.45, 7) is 0.137. The maximum Gasteiger partial charge on any atom is 0.579 e. The van der Waals surface area contributed by atoms with Gasteiger partial charge in [-0.15, -0.1) is 4.58 Å². The molecule has 0 aromatic rings. The van der Waals surface area contributed by atoms with Gasteiger partial charge in [-0.2, -0.15) is 13.2 Å². The molecule has 0 aromatic heterocycles. The number of halogens is 4. The van der Waals surface area contributed by atoms with Gasteiger partial charge in [-0.25, -0.2) is 4.79 Å². The molecule has 1 aliphatic rings. The van der Waals surface area contributed by atoms with E-state index in [0.717, 1.165) is 11.6 Å². The van der Waals surface area contributed by atoms with Crippen LogP contribution in [0.4, 0.5) is 17.6 Å². The Morgan fingerprint density at radius 1 is 1.53 bits per heavy atom. The van der Waals surface area contributed by atoms with Crippen molar-refractivity contribution in [3.8, 4) is 0 Å². The van der Waals surface area contributed by atoms with Crippen molar-refractivity contribution >= 4 is 12.1 Å². The minimum Gasteiger partial charge on any atom is -0.253 e. The molecule has 4 nitrogen and oxygen atoms in total. The topological polar surface area (TPSA) is 29.3 Å². The Kier molecular flexibility index (Phi) is 2.73. The van der Waals surface area contributed by atoms with Crippen molar-refractivity contribution in [1.82, 2.24) is 0 Å². The van der Waals surface area contributed by atoms with E-state index in [9.17, 15) is 22.4 Å². The smallest absolute Gasteiger partial charge is 0.253 e. The minimum absolute atomic E-state index is 0.0514. The first-order valence-corrected chi connectivity index (χ1v) is 4.07. The van der Waals surface area contributed by atoms with Crippen LogP contribution in [0.5, 0.6) is 0 Å². The number of nitrogens with zero attached hydrogens (tertiary/aromatic N) is 2. The number of hydroxylamine groups is 3. The van der Waals surface area contributed by atoms with Crippen molar-refractivity contribution in [2.75, 3.05) is 27.2 Å². The third-order valence-electron chi connectivity index (χ3n) is 2.08. The fourth-order valence-electron chi connectivity index (χ4n) is 1.20. The van der Waals surface area contributed by atoms with Crippen LogP contribution in [-0.4, -0.2) is 54.6 Å². The van der Waals surface area contributed by atoms with Crippen LogP contribution in [0.25, 0.3) is 0 Å². The number of hydrogen-bond donors (Lipinski definition) is 0. The molecule has 0 aliphatic carbocycles. The monoisotopic (exact) mass is 230 g/mol. The van der Waals surface area contributed by atoms with Crippen LogP contribution in [0.3, 0.4) is 0 Å². The Labute approximate surface area is 82.9 Å². The molecule has 1 rings (SSSR count). The van der Waals surface area contributed by atoms with Crippen molar-refractivity contribution in [2.45, 2.75) is 6.18 Å². The van der Waals surface area contributed by atoms with E-state index in [4.69, 9.17) is 0 Å². The summed E-state index contributed by atoms with van der Waals surface area (Å²) in [5, 5.41) is 0. The van der Waals surface area contributed by atoms with Gasteiger partial charge in [0.1, 0.15) is 14.1 Å². The van der Waals surface area contributed by atoms with Gasteiger partial charge < -0.3 is 0 Å². The fourth-order valence-corrected chi connectivity index (χ4v) is 1.20. The molecule has 86 valence electrons. The molecule has 0 radical (unpaired) electrons. The molecule has 1 heterocycles. The Balaban J connectivity index is 2.80. The number of carbonyl (C=O) groups excluding carboxylic acids is 1. The lowest BCUT2D eigenvalue weighted by molar-refractivity contribution is -1.00. The summed E-state index contributed by atoms with van der Waals surface area (Å²) in [4.78, 5) is 14.6. The Morgan fingerprint density at radius 3 is 2.40 bits per heavy atom. The van der Waals surface area contributed by atoms with Crippen LogP contribution >= 0.6 is 0 Å². The number of rotatable bonds is 1. The van der Waals surface area contributed by atoms with Gasteiger partial charge in [-0.3, -0.25) is 4.84 Å². The maximum atomic E-state index is 13.3. The van der Waals surface area contributed by atoms with Gasteiger partial charge in [0, 0.05) is 0 Å². The summed E-state index contributed by atoms with van der Waals surface area (Å²) < 4.78 is 48.9. The first-order valence-electron chi connectivity index (χ1n) is 4.07. The van der Waals surface area contributed by atoms with Crippen LogP contribution < -0.4 is 0 Å². The summed E-state index contributed by atoms with van der Waals surface area (Å²) in [5.74, 6) is -2.39. The van der Waals surface area contributed by atoms with Crippen LogP contribution in [0.15, 0.2) is 0 Å². The molecule has 0 fully saturated rings. The molecule has 0 saturated heterocycles. The molecule has 1 aliphatic heterocycles.